The Kier molecular flexibility index (Phi) is 46.8. The molecule has 0 saturated heterocycles. The molecular weight excluding hydrogens is 1780 g/mol. The van der Waals surface area contributed by atoms with E-state index in [1.54, 1.807) is 0 Å². The molecule has 0 amide bonds. The number of halogens is 3. The van der Waals surface area contributed by atoms with Crippen LogP contribution in [0, 0.1) is 263 Å². The second-order valence-electron chi connectivity index (χ2n) is 39.5. The van der Waals surface area contributed by atoms with E-state index in [0.29, 0.717) is 27.5 Å². The van der Waals surface area contributed by atoms with E-state index in [2.05, 4.69) is 364 Å². The monoisotopic (exact) mass is 1950 g/mol. The van der Waals surface area contributed by atoms with Crippen molar-refractivity contribution in [2.24, 2.45) is 0 Å². The van der Waals surface area contributed by atoms with Crippen molar-refractivity contribution >= 4 is 34.8 Å². The molecule has 0 spiro atoms. The van der Waals surface area contributed by atoms with Crippen LogP contribution in [0.1, 0.15) is 285 Å². The molecule has 142 heavy (non-hydrogen) atoms. The molecule has 0 aliphatic rings. The van der Waals surface area contributed by atoms with Crippen LogP contribution in [0.2, 0.25) is 15.1 Å². The second-order valence-corrected chi connectivity index (χ2v) is 40.7. The zero-order valence-corrected chi connectivity index (χ0v) is 97.6. The van der Waals surface area contributed by atoms with Crippen LogP contribution in [-0.2, 0) is 19.3 Å². The van der Waals surface area contributed by atoms with Gasteiger partial charge < -0.3 is 9.47 Å². The zero-order chi connectivity index (χ0) is 107. The van der Waals surface area contributed by atoms with Crippen molar-refractivity contribution in [3.63, 3.8) is 0 Å². The van der Waals surface area contributed by atoms with Crippen LogP contribution >= 0.6 is 34.8 Å². The van der Waals surface area contributed by atoms with Gasteiger partial charge in [-0.05, 0) is 593 Å². The van der Waals surface area contributed by atoms with Gasteiger partial charge in [0.15, 0.2) is 0 Å². The Balaban J connectivity index is 0.000000250. The first-order valence-corrected chi connectivity index (χ1v) is 52.4. The Labute approximate surface area is 878 Å². The fraction of sp³-hybridized carbons (Fsp3) is 0.343. The number of hydrogen-bond acceptors (Lipinski definition) is 2. The minimum absolute atomic E-state index is 0.585. The van der Waals surface area contributed by atoms with E-state index in [1.165, 1.54) is 250 Å². The van der Waals surface area contributed by atoms with Crippen LogP contribution in [0.25, 0.3) is 22.3 Å². The summed E-state index contributed by atoms with van der Waals surface area (Å²) in [5, 5.41) is 2.03. The Bertz CT molecular complexity index is 6200. The Hall–Kier alpha value is -11.2. The second kappa shape index (κ2) is 55.6. The van der Waals surface area contributed by atoms with Crippen molar-refractivity contribution in [3.8, 4) is 45.3 Å². The highest BCUT2D eigenvalue weighted by Crippen LogP contribution is 2.44. The van der Waals surface area contributed by atoms with Crippen molar-refractivity contribution in [1.29, 1.82) is 0 Å². The third kappa shape index (κ3) is 31.2. The van der Waals surface area contributed by atoms with E-state index in [1.807, 2.05) is 146 Å². The molecule has 0 aromatic heterocycles. The lowest BCUT2D eigenvalue weighted by atomic mass is 9.80. The van der Waals surface area contributed by atoms with Crippen molar-refractivity contribution in [2.45, 2.75) is 323 Å². The van der Waals surface area contributed by atoms with Crippen LogP contribution < -0.4 is 9.47 Å². The Morgan fingerprint density at radius 1 is 0.197 bits per heavy atom. The van der Waals surface area contributed by atoms with Crippen LogP contribution in [0.15, 0.2) is 212 Å². The molecule has 15 aromatic rings. The molecule has 0 heterocycles. The maximum atomic E-state index is 6.09. The minimum atomic E-state index is 0.585. The largest absolute Gasteiger partial charge is 0.457 e. The smallest absolute Gasteiger partial charge is 0.146 e. The first-order valence-electron chi connectivity index (χ1n) is 51.2. The van der Waals surface area contributed by atoms with Crippen molar-refractivity contribution in [2.75, 3.05) is 0 Å². The summed E-state index contributed by atoms with van der Waals surface area (Å²) in [6, 6.07) is 72.2. The van der Waals surface area contributed by atoms with Gasteiger partial charge in [-0.2, -0.15) is 0 Å². The molecule has 2 nitrogen and oxygen atoms in total. The zero-order valence-electron chi connectivity index (χ0n) is 95.4. The van der Waals surface area contributed by atoms with Gasteiger partial charge in [0.2, 0.25) is 0 Å². The summed E-state index contributed by atoms with van der Waals surface area (Å²) in [4.78, 5) is 0. The predicted octanol–water partition coefficient (Wildman–Crippen LogP) is 41.7. The number of ether oxygens (including phenoxy) is 2. The lowest BCUT2D eigenvalue weighted by Crippen LogP contribution is -2.08. The van der Waals surface area contributed by atoms with E-state index < -0.39 is 0 Å². The molecule has 1 atom stereocenters. The summed E-state index contributed by atoms with van der Waals surface area (Å²) in [5.74, 6) is 3.59. The molecule has 0 aliphatic carbocycles. The molecule has 0 bridgehead atoms. The summed E-state index contributed by atoms with van der Waals surface area (Å²) in [5.41, 5.74) is 67.6. The van der Waals surface area contributed by atoms with Gasteiger partial charge in [0.05, 0.1) is 10.0 Å². The molecule has 0 fully saturated rings. The van der Waals surface area contributed by atoms with E-state index in [0.717, 1.165) is 52.5 Å². The maximum Gasteiger partial charge on any atom is 0.146 e. The van der Waals surface area contributed by atoms with E-state index in [9.17, 15) is 0 Å². The Morgan fingerprint density at radius 3 is 0.739 bits per heavy atom. The third-order valence-electron chi connectivity index (χ3n) is 30.5. The van der Waals surface area contributed by atoms with Gasteiger partial charge in [0, 0.05) is 5.02 Å². The number of hydrogen-bond donors (Lipinski definition) is 0. The SMILES string of the molecule is CC.CC.CC(Cc1ccccc1)c1ccccc1.Cc1c(C)c(C)c(-c2c(C)c(C)c(C)c(C)c2C)c(C)c1C.Cc1c(C)c(C)c(-c2c(C)c(C)c(C)c(C)c2C)c(C)c1C.Cc1c(C)c(C)c(Cc2c(C)c(C)c(C)c(C)c2C)c(C)c1C.Cc1ccc(C)c(Cl)c1.Cc1ccc(Oc2ccc(C)cc2Cl)c(Cl)c1.Cc1ccc(Oc2cccc(C)c2)cc1.Cc1cccc(Cc2cccc(C)c2)c1. The van der Waals surface area contributed by atoms with Gasteiger partial charge >= 0.3 is 0 Å². The quantitative estimate of drug-likeness (QED) is 0.115. The lowest BCUT2D eigenvalue weighted by molar-refractivity contribution is 0.482. The molecule has 0 radical (unpaired) electrons. The van der Waals surface area contributed by atoms with Crippen LogP contribution in [-0.4, -0.2) is 0 Å². The van der Waals surface area contributed by atoms with Crippen LogP contribution in [0.4, 0.5) is 0 Å². The predicted molar refractivity (Wildman–Crippen MR) is 630 cm³/mol. The molecule has 15 rings (SSSR count). The van der Waals surface area contributed by atoms with Gasteiger partial charge in [-0.15, -0.1) is 0 Å². The highest BCUT2D eigenvalue weighted by Gasteiger charge is 2.24. The highest BCUT2D eigenvalue weighted by atomic mass is 35.5. The summed E-state index contributed by atoms with van der Waals surface area (Å²) >= 11 is 18.0. The topological polar surface area (TPSA) is 18.5 Å². The first-order chi connectivity index (χ1) is 66.9. The standard InChI is InChI=1S/C23H32.2C22H30.2C15H16.C14H12Cl2O.C14H14O.C8H9Cl.2C2H6/c1-12-14(3)18(7)22(19(8)15(12)4)11-23-20(9)16(5)13(2)17(6)21(23)10;2*1-11-13(3)17(7)21(18(8)14(11)4)22-19(9)15(5)12(2)16(6)20(22)10;1-12-5-3-7-14(9-12)11-15-8-4-6-13(2)10-15;1-13(15-10-6-3-7-11-15)12-14-8-4-2-5-9-14;1-9-3-5-13(11(15)7-9)17-14-6-4-10(2)8-12(14)16;1-11-6-8-13(9-7-11)15-14-5-3-4-12(2)10-14;1-6-3-4-7(2)8(9)5-6;2*1-2/h11H2,1-10H3;2*1-10H3;3-10H,11H2,1-2H3;2-11,13H,12H2,1H3;3-8H,1-2H3;3-10H,1-2H3;3-5H,1-2H3;2*1-2H3. The number of aryl methyl sites for hydroxylation is 8. The minimum Gasteiger partial charge on any atom is -0.457 e. The normalized spacial score (nSPS) is 10.7. The molecule has 15 aromatic carbocycles. The molecule has 0 N–H and O–H groups in total. The number of benzene rings is 15. The number of rotatable bonds is 13. The average Bonchev–Trinajstić information content (AvgIpc) is 0.749. The van der Waals surface area contributed by atoms with Gasteiger partial charge in [0.1, 0.15) is 23.0 Å². The lowest BCUT2D eigenvalue weighted by Gasteiger charge is -2.25. The van der Waals surface area contributed by atoms with Crippen molar-refractivity contribution in [3.05, 3.63) is 472 Å². The van der Waals surface area contributed by atoms with Crippen LogP contribution in [0.5, 0.6) is 23.0 Å². The van der Waals surface area contributed by atoms with Gasteiger partial charge in [-0.1, -0.05) is 244 Å². The van der Waals surface area contributed by atoms with Crippen LogP contribution in [0.3, 0.4) is 0 Å². The first kappa shape index (κ1) is 119. The summed E-state index contributed by atoms with van der Waals surface area (Å²) < 4.78 is 11.4. The Morgan fingerprint density at radius 2 is 0.451 bits per heavy atom. The van der Waals surface area contributed by atoms with E-state index >= 15 is 0 Å². The molecule has 752 valence electrons. The molecule has 1 unspecified atom stereocenters. The van der Waals surface area contributed by atoms with Gasteiger partial charge in [0.25, 0.3) is 0 Å². The van der Waals surface area contributed by atoms with Crippen molar-refractivity contribution < 1.29 is 9.47 Å². The summed E-state index contributed by atoms with van der Waals surface area (Å²) in [6.45, 7) is 94.8. The average molecular weight is 1960 g/mol. The van der Waals surface area contributed by atoms with Gasteiger partial charge in [-0.3, -0.25) is 0 Å². The summed E-state index contributed by atoms with van der Waals surface area (Å²) in [6.07, 6.45) is 3.20. The van der Waals surface area contributed by atoms with Crippen molar-refractivity contribution in [1.82, 2.24) is 0 Å². The van der Waals surface area contributed by atoms with E-state index in [4.69, 9.17) is 44.3 Å². The maximum absolute atomic E-state index is 6.09. The fourth-order valence-corrected chi connectivity index (χ4v) is 19.5. The molecule has 5 heteroatoms. The fourth-order valence-electron chi connectivity index (χ4n) is 18.7. The third-order valence-corrected chi connectivity index (χ3v) is 31.5. The molecular formula is C137H171Cl3O2. The van der Waals surface area contributed by atoms with Gasteiger partial charge in [-0.25, -0.2) is 0 Å². The summed E-state index contributed by atoms with van der Waals surface area (Å²) in [7, 11) is 0. The van der Waals surface area contributed by atoms with E-state index in [-0.39, 0.29) is 0 Å². The molecule has 0 aliphatic heterocycles. The molecule has 0 saturated carbocycles. The highest BCUT2D eigenvalue weighted by molar-refractivity contribution is 6.33.